The highest BCUT2D eigenvalue weighted by atomic mass is 16.6. The largest absolute Gasteiger partial charge is 0.460 e. The van der Waals surface area contributed by atoms with E-state index in [1.165, 1.54) is 6.08 Å². The smallest absolute Gasteiger partial charge is 0.330 e. The zero-order valence-electron chi connectivity index (χ0n) is 15.4. The Kier molecular flexibility index (Phi) is 18.5. The van der Waals surface area contributed by atoms with E-state index in [-0.39, 0.29) is 19.2 Å². The fourth-order valence-corrected chi connectivity index (χ4v) is 1.52. The van der Waals surface area contributed by atoms with Crippen molar-refractivity contribution < 1.29 is 38.3 Å². The van der Waals surface area contributed by atoms with Crippen molar-refractivity contribution in [3.63, 3.8) is 0 Å². The van der Waals surface area contributed by atoms with Crippen molar-refractivity contribution in [1.82, 2.24) is 0 Å². The van der Waals surface area contributed by atoms with Crippen LogP contribution in [0, 0.1) is 0 Å². The zero-order chi connectivity index (χ0) is 18.6. The average molecular weight is 364 g/mol. The molecule has 25 heavy (non-hydrogen) atoms. The number of esters is 1. The Morgan fingerprint density at radius 3 is 1.40 bits per heavy atom. The summed E-state index contributed by atoms with van der Waals surface area (Å²) in [7, 11) is 0. The van der Waals surface area contributed by atoms with Gasteiger partial charge >= 0.3 is 5.97 Å². The average Bonchev–Trinajstić information content (AvgIpc) is 2.57. The lowest BCUT2D eigenvalue weighted by atomic mass is 10.3. The zero-order valence-corrected chi connectivity index (χ0v) is 15.4. The van der Waals surface area contributed by atoms with Gasteiger partial charge in [-0.15, -0.1) is 0 Å². The van der Waals surface area contributed by atoms with Crippen LogP contribution in [0.15, 0.2) is 11.6 Å². The molecule has 0 aromatic heterocycles. The molecule has 0 radical (unpaired) electrons. The predicted octanol–water partition coefficient (Wildman–Crippen LogP) is 0.571. The van der Waals surface area contributed by atoms with E-state index in [9.17, 15) is 4.79 Å². The second kappa shape index (κ2) is 19.3. The van der Waals surface area contributed by atoms with E-state index in [1.54, 1.807) is 0 Å². The van der Waals surface area contributed by atoms with Crippen molar-refractivity contribution >= 4 is 5.97 Å². The summed E-state index contributed by atoms with van der Waals surface area (Å²) in [5.74, 6) is -0.348. The van der Waals surface area contributed by atoms with Crippen LogP contribution in [-0.4, -0.2) is 90.4 Å². The Bertz CT molecular complexity index is 329. The summed E-state index contributed by atoms with van der Waals surface area (Å²) in [6, 6.07) is 0. The van der Waals surface area contributed by atoms with E-state index in [4.69, 9.17) is 33.5 Å². The van der Waals surface area contributed by atoms with Gasteiger partial charge in [-0.05, 0) is 13.8 Å². The third-order valence-electron chi connectivity index (χ3n) is 2.60. The summed E-state index contributed by atoms with van der Waals surface area (Å²) in [6.07, 6.45) is 1.44. The van der Waals surface area contributed by atoms with Gasteiger partial charge < -0.3 is 33.5 Å². The molecule has 0 fully saturated rings. The SMILES string of the molecule is CC(C)=CC(=O)OCCOCCOCCOCCOCCOCCO. The van der Waals surface area contributed by atoms with Crippen LogP contribution < -0.4 is 0 Å². The molecule has 0 atom stereocenters. The Hall–Kier alpha value is -1.03. The third kappa shape index (κ3) is 20.9. The number of carbonyl (C=O) groups is 1. The summed E-state index contributed by atoms with van der Waals surface area (Å²) >= 11 is 0. The van der Waals surface area contributed by atoms with Crippen molar-refractivity contribution in [2.45, 2.75) is 13.8 Å². The van der Waals surface area contributed by atoms with Gasteiger partial charge in [0.15, 0.2) is 0 Å². The molecule has 0 saturated carbocycles. The fraction of sp³-hybridized carbons (Fsp3) is 0.824. The molecule has 1 N–H and O–H groups in total. The molecule has 0 rings (SSSR count). The molecular formula is C17H32O8. The number of rotatable bonds is 18. The monoisotopic (exact) mass is 364 g/mol. The number of ether oxygens (including phenoxy) is 6. The van der Waals surface area contributed by atoms with Gasteiger partial charge in [0, 0.05) is 6.08 Å². The van der Waals surface area contributed by atoms with Gasteiger partial charge in [0.05, 0.1) is 72.7 Å². The molecule has 0 bridgehead atoms. The number of carbonyl (C=O) groups excluding carboxylic acids is 1. The molecule has 148 valence electrons. The molecule has 0 unspecified atom stereocenters. The quantitative estimate of drug-likeness (QED) is 0.214. The van der Waals surface area contributed by atoms with Crippen molar-refractivity contribution in [3.8, 4) is 0 Å². The van der Waals surface area contributed by atoms with E-state index in [0.717, 1.165) is 5.57 Å². The first kappa shape index (κ1) is 24.0. The Morgan fingerprint density at radius 1 is 0.680 bits per heavy atom. The number of allylic oxidation sites excluding steroid dienone is 1. The summed E-state index contributed by atoms with van der Waals surface area (Å²) < 4.78 is 31.2. The molecule has 0 aliphatic carbocycles. The van der Waals surface area contributed by atoms with Crippen LogP contribution in [-0.2, 0) is 33.2 Å². The van der Waals surface area contributed by atoms with E-state index in [2.05, 4.69) is 0 Å². The minimum Gasteiger partial charge on any atom is -0.460 e. The number of hydrogen-bond donors (Lipinski definition) is 1. The number of aliphatic hydroxyl groups is 1. The van der Waals surface area contributed by atoms with Crippen molar-refractivity contribution in [1.29, 1.82) is 0 Å². The maximum atomic E-state index is 11.2. The van der Waals surface area contributed by atoms with Crippen LogP contribution in [0.5, 0.6) is 0 Å². The minimum absolute atomic E-state index is 0.0257. The van der Waals surface area contributed by atoms with Gasteiger partial charge in [0.25, 0.3) is 0 Å². The standard InChI is InChI=1S/C17H32O8/c1-16(2)15-17(19)25-14-13-24-12-11-23-10-9-22-8-7-21-6-5-20-4-3-18/h15,18H,3-14H2,1-2H3. The van der Waals surface area contributed by atoms with E-state index in [0.29, 0.717) is 66.1 Å². The molecule has 0 aromatic rings. The van der Waals surface area contributed by atoms with Crippen LogP contribution in [0.3, 0.4) is 0 Å². The molecular weight excluding hydrogens is 332 g/mol. The lowest BCUT2D eigenvalue weighted by Crippen LogP contribution is -2.14. The van der Waals surface area contributed by atoms with E-state index >= 15 is 0 Å². The Morgan fingerprint density at radius 2 is 1.04 bits per heavy atom. The van der Waals surface area contributed by atoms with Crippen LogP contribution in [0.1, 0.15) is 13.8 Å². The first-order valence-electron chi connectivity index (χ1n) is 8.48. The van der Waals surface area contributed by atoms with E-state index < -0.39 is 0 Å². The molecule has 0 saturated heterocycles. The summed E-state index contributed by atoms with van der Waals surface area (Å²) in [6.45, 7) is 8.44. The normalized spacial score (nSPS) is 10.7. The van der Waals surface area contributed by atoms with Crippen LogP contribution in [0.25, 0.3) is 0 Å². The highest BCUT2D eigenvalue weighted by Crippen LogP contribution is 1.91. The minimum atomic E-state index is -0.348. The molecule has 8 heteroatoms. The summed E-state index contributed by atoms with van der Waals surface area (Å²) in [5, 5.41) is 8.50. The van der Waals surface area contributed by atoms with E-state index in [1.807, 2.05) is 13.8 Å². The number of hydrogen-bond acceptors (Lipinski definition) is 8. The van der Waals surface area contributed by atoms with Crippen molar-refractivity contribution in [2.24, 2.45) is 0 Å². The Balaban J connectivity index is 3.10. The van der Waals surface area contributed by atoms with Gasteiger partial charge in [0.2, 0.25) is 0 Å². The van der Waals surface area contributed by atoms with Crippen molar-refractivity contribution in [2.75, 3.05) is 79.3 Å². The summed E-state index contributed by atoms with van der Waals surface area (Å²) in [4.78, 5) is 11.2. The maximum Gasteiger partial charge on any atom is 0.330 e. The lowest BCUT2D eigenvalue weighted by Gasteiger charge is -2.08. The number of aliphatic hydroxyl groups excluding tert-OH is 1. The molecule has 0 aromatic carbocycles. The highest BCUT2D eigenvalue weighted by molar-refractivity contribution is 5.82. The molecule has 0 spiro atoms. The fourth-order valence-electron chi connectivity index (χ4n) is 1.52. The second-order valence-corrected chi connectivity index (χ2v) is 5.17. The molecule has 0 aliphatic rings. The van der Waals surface area contributed by atoms with Crippen LogP contribution in [0.4, 0.5) is 0 Å². The lowest BCUT2D eigenvalue weighted by molar-refractivity contribution is -0.139. The first-order chi connectivity index (χ1) is 12.2. The van der Waals surface area contributed by atoms with Gasteiger partial charge in [0.1, 0.15) is 6.61 Å². The van der Waals surface area contributed by atoms with Crippen LogP contribution in [0.2, 0.25) is 0 Å². The third-order valence-corrected chi connectivity index (χ3v) is 2.60. The van der Waals surface area contributed by atoms with Crippen LogP contribution >= 0.6 is 0 Å². The summed E-state index contributed by atoms with van der Waals surface area (Å²) in [5.41, 5.74) is 0.903. The Labute approximate surface area is 150 Å². The molecule has 0 heterocycles. The molecule has 8 nitrogen and oxygen atoms in total. The topological polar surface area (TPSA) is 92.7 Å². The van der Waals surface area contributed by atoms with Gasteiger partial charge in [-0.1, -0.05) is 5.57 Å². The van der Waals surface area contributed by atoms with Gasteiger partial charge in [-0.2, -0.15) is 0 Å². The predicted molar refractivity (Wildman–Crippen MR) is 91.6 cm³/mol. The van der Waals surface area contributed by atoms with Crippen molar-refractivity contribution in [3.05, 3.63) is 11.6 Å². The second-order valence-electron chi connectivity index (χ2n) is 5.17. The highest BCUT2D eigenvalue weighted by Gasteiger charge is 1.97. The van der Waals surface area contributed by atoms with Gasteiger partial charge in [-0.25, -0.2) is 4.79 Å². The maximum absolute atomic E-state index is 11.2. The molecule has 0 amide bonds. The first-order valence-corrected chi connectivity index (χ1v) is 8.48. The van der Waals surface area contributed by atoms with Gasteiger partial charge in [-0.3, -0.25) is 0 Å². The molecule has 0 aliphatic heterocycles.